The van der Waals surface area contributed by atoms with Crippen LogP contribution in [0.15, 0.2) is 34.3 Å². The Hall–Kier alpha value is -4.97. The number of carbonyl (C=O) groups is 5. The number of guanidine groups is 2. The number of rotatable bonds is 20. The van der Waals surface area contributed by atoms with E-state index in [2.05, 4.69) is 25.9 Å². The summed E-state index contributed by atoms with van der Waals surface area (Å²) >= 11 is 0. The van der Waals surface area contributed by atoms with Gasteiger partial charge in [-0.05, 0) is 63.0 Å². The largest absolute Gasteiger partial charge is 0.480 e. The van der Waals surface area contributed by atoms with Crippen LogP contribution in [0.3, 0.4) is 0 Å². The van der Waals surface area contributed by atoms with Gasteiger partial charge in [0.25, 0.3) is 0 Å². The van der Waals surface area contributed by atoms with Gasteiger partial charge in [0, 0.05) is 32.6 Å². The standard InChI is InChI=1S/C31H52N12O6/c1-18(25(44)42-23(29(48)49)12-7-15-40-31(36)37)41-27(46)24-16-19-8-2-3-9-20(19)17-43(24)28(47)22(33)10-4-5-13-38-26(45)21(32)11-6-14-39-30(34)35/h2-3,8-9,18,21-24H,4-7,10-17,32-33H2,1H3,(H,38,45)(H,41,46)(H,42,44)(H,48,49)(H4,34,35,39)(H4,36,37,40)/t18-,21-,22-,23-,24-/m0/s1. The highest BCUT2D eigenvalue weighted by molar-refractivity contribution is 5.94. The molecule has 18 heteroatoms. The predicted molar refractivity (Wildman–Crippen MR) is 184 cm³/mol. The summed E-state index contributed by atoms with van der Waals surface area (Å²) in [4.78, 5) is 73.0. The molecule has 0 unspecified atom stereocenters. The number of benzene rings is 1. The quantitative estimate of drug-likeness (QED) is 0.0374. The summed E-state index contributed by atoms with van der Waals surface area (Å²) in [5.74, 6) is -3.38. The topological polar surface area (TPSA) is 326 Å². The monoisotopic (exact) mass is 688 g/mol. The van der Waals surface area contributed by atoms with E-state index in [-0.39, 0.29) is 43.8 Å². The minimum absolute atomic E-state index is 0.0186. The summed E-state index contributed by atoms with van der Waals surface area (Å²) in [7, 11) is 0. The van der Waals surface area contributed by atoms with E-state index in [4.69, 9.17) is 34.4 Å². The third kappa shape index (κ3) is 14.0. The van der Waals surface area contributed by atoms with Gasteiger partial charge in [0.2, 0.25) is 23.6 Å². The molecule has 49 heavy (non-hydrogen) atoms. The van der Waals surface area contributed by atoms with Crippen LogP contribution in [0.4, 0.5) is 0 Å². The number of nitrogens with zero attached hydrogens (tertiary/aromatic N) is 3. The summed E-state index contributed by atoms with van der Waals surface area (Å²) in [6.45, 7) is 2.50. The van der Waals surface area contributed by atoms with E-state index in [0.717, 1.165) is 11.1 Å². The molecule has 1 aliphatic heterocycles. The molecule has 1 aromatic rings. The maximum atomic E-state index is 13.6. The van der Waals surface area contributed by atoms with Crippen molar-refractivity contribution in [3.05, 3.63) is 35.4 Å². The van der Waals surface area contributed by atoms with Crippen LogP contribution < -0.4 is 50.4 Å². The summed E-state index contributed by atoms with van der Waals surface area (Å²) in [5.41, 5.74) is 35.1. The van der Waals surface area contributed by atoms with Crippen molar-refractivity contribution in [3.63, 3.8) is 0 Å². The van der Waals surface area contributed by atoms with Crippen LogP contribution in [-0.2, 0) is 36.9 Å². The molecule has 0 saturated heterocycles. The van der Waals surface area contributed by atoms with Crippen molar-refractivity contribution in [2.45, 2.75) is 95.0 Å². The Morgan fingerprint density at radius 3 is 2.04 bits per heavy atom. The summed E-state index contributed by atoms with van der Waals surface area (Å²) in [6, 6.07) is 2.55. The molecule has 0 radical (unpaired) electrons. The van der Waals surface area contributed by atoms with Gasteiger partial charge in [-0.15, -0.1) is 0 Å². The molecule has 1 aromatic carbocycles. The molecule has 1 aliphatic rings. The highest BCUT2D eigenvalue weighted by atomic mass is 16.4. The Morgan fingerprint density at radius 1 is 0.837 bits per heavy atom. The smallest absolute Gasteiger partial charge is 0.326 e. The Bertz CT molecular complexity index is 1350. The first-order valence-corrected chi connectivity index (χ1v) is 16.3. The molecule has 0 fully saturated rings. The summed E-state index contributed by atoms with van der Waals surface area (Å²) < 4.78 is 0. The van der Waals surface area contributed by atoms with Crippen LogP contribution in [0.1, 0.15) is 63.0 Å². The molecule has 0 aromatic heterocycles. The number of hydrogen-bond acceptors (Lipinski definition) is 9. The van der Waals surface area contributed by atoms with Crippen molar-refractivity contribution >= 4 is 41.5 Å². The van der Waals surface area contributed by atoms with Crippen LogP contribution in [-0.4, -0.2) is 101 Å². The van der Waals surface area contributed by atoms with Crippen molar-refractivity contribution < 1.29 is 29.1 Å². The normalized spacial score (nSPS) is 16.1. The molecule has 5 atom stereocenters. The lowest BCUT2D eigenvalue weighted by atomic mass is 9.92. The lowest BCUT2D eigenvalue weighted by molar-refractivity contribution is -0.144. The molecule has 0 spiro atoms. The van der Waals surface area contributed by atoms with E-state index in [1.165, 1.54) is 11.8 Å². The highest BCUT2D eigenvalue weighted by Gasteiger charge is 2.37. The van der Waals surface area contributed by atoms with E-state index < -0.39 is 53.9 Å². The minimum atomic E-state index is -1.24. The van der Waals surface area contributed by atoms with E-state index in [1.807, 2.05) is 24.3 Å². The third-order valence-electron chi connectivity index (χ3n) is 8.01. The third-order valence-corrected chi connectivity index (χ3v) is 8.01. The first-order valence-electron chi connectivity index (χ1n) is 16.3. The fourth-order valence-corrected chi connectivity index (χ4v) is 5.24. The van der Waals surface area contributed by atoms with Crippen molar-refractivity contribution in [3.8, 4) is 0 Å². The molecule has 4 amide bonds. The Balaban J connectivity index is 1.95. The van der Waals surface area contributed by atoms with Crippen molar-refractivity contribution in [1.29, 1.82) is 0 Å². The zero-order chi connectivity index (χ0) is 36.5. The summed E-state index contributed by atoms with van der Waals surface area (Å²) in [5, 5.41) is 17.4. The zero-order valence-electron chi connectivity index (χ0n) is 28.0. The van der Waals surface area contributed by atoms with Crippen LogP contribution >= 0.6 is 0 Å². The lowest BCUT2D eigenvalue weighted by Crippen LogP contribution is -2.59. The highest BCUT2D eigenvalue weighted by Crippen LogP contribution is 2.25. The van der Waals surface area contributed by atoms with E-state index in [0.29, 0.717) is 51.6 Å². The first kappa shape index (κ1) is 40.2. The first-order chi connectivity index (χ1) is 23.2. The number of amides is 4. The Kier molecular flexibility index (Phi) is 16.7. The fraction of sp³-hybridized carbons (Fsp3) is 0.581. The van der Waals surface area contributed by atoms with Gasteiger partial charge >= 0.3 is 5.97 Å². The number of carbonyl (C=O) groups excluding carboxylic acids is 4. The number of nitrogens with two attached hydrogens (primary N) is 6. The second-order valence-electron chi connectivity index (χ2n) is 12.0. The van der Waals surface area contributed by atoms with Gasteiger partial charge in [0.1, 0.15) is 18.1 Å². The average Bonchev–Trinajstić information content (AvgIpc) is 3.05. The number of aliphatic carboxylic acids is 1. The molecular formula is C31H52N12O6. The maximum Gasteiger partial charge on any atom is 0.326 e. The molecular weight excluding hydrogens is 636 g/mol. The van der Waals surface area contributed by atoms with Crippen molar-refractivity contribution in [1.82, 2.24) is 20.9 Å². The van der Waals surface area contributed by atoms with E-state index in [9.17, 15) is 29.1 Å². The van der Waals surface area contributed by atoms with Crippen molar-refractivity contribution in [2.75, 3.05) is 19.6 Å². The van der Waals surface area contributed by atoms with Gasteiger partial charge in [0.15, 0.2) is 11.9 Å². The van der Waals surface area contributed by atoms with Gasteiger partial charge in [-0.3, -0.25) is 29.2 Å². The van der Waals surface area contributed by atoms with Crippen LogP contribution in [0.5, 0.6) is 0 Å². The molecule has 272 valence electrons. The molecule has 18 nitrogen and oxygen atoms in total. The predicted octanol–water partition coefficient (Wildman–Crippen LogP) is -2.94. The molecule has 2 rings (SSSR count). The maximum absolute atomic E-state index is 13.6. The van der Waals surface area contributed by atoms with Gasteiger partial charge in [-0.2, -0.15) is 0 Å². The average molecular weight is 689 g/mol. The van der Waals surface area contributed by atoms with Gasteiger partial charge < -0.3 is 60.4 Å². The minimum Gasteiger partial charge on any atom is -0.480 e. The number of hydrogen-bond donors (Lipinski definition) is 10. The molecule has 0 bridgehead atoms. The number of aliphatic imine (C=N–C) groups is 2. The summed E-state index contributed by atoms with van der Waals surface area (Å²) in [6.07, 6.45) is 2.95. The molecule has 1 heterocycles. The molecule has 0 saturated carbocycles. The number of nitrogens with one attached hydrogen (secondary N) is 3. The second-order valence-corrected chi connectivity index (χ2v) is 12.0. The van der Waals surface area contributed by atoms with Crippen molar-refractivity contribution in [2.24, 2.45) is 44.4 Å². The fourth-order valence-electron chi connectivity index (χ4n) is 5.24. The lowest BCUT2D eigenvalue weighted by Gasteiger charge is -2.37. The van der Waals surface area contributed by atoms with E-state index >= 15 is 0 Å². The number of carboxylic acid groups (broad SMARTS) is 1. The van der Waals surface area contributed by atoms with Crippen LogP contribution in [0.2, 0.25) is 0 Å². The molecule has 16 N–H and O–H groups in total. The second kappa shape index (κ2) is 20.4. The molecule has 0 aliphatic carbocycles. The van der Waals surface area contributed by atoms with Crippen LogP contribution in [0.25, 0.3) is 0 Å². The Labute approximate surface area is 285 Å². The number of unbranched alkanes of at least 4 members (excludes halogenated alkanes) is 1. The van der Waals surface area contributed by atoms with E-state index in [1.54, 1.807) is 0 Å². The van der Waals surface area contributed by atoms with Gasteiger partial charge in [-0.1, -0.05) is 24.3 Å². The van der Waals surface area contributed by atoms with Gasteiger partial charge in [-0.25, -0.2) is 4.79 Å². The van der Waals surface area contributed by atoms with Crippen LogP contribution in [0, 0.1) is 0 Å². The number of carboxylic acids is 1. The Morgan fingerprint density at radius 2 is 1.43 bits per heavy atom. The SMILES string of the molecule is C[C@H](NC(=O)[C@@H]1Cc2ccccc2CN1C(=O)[C@@H](N)CCCCNC(=O)[C@@H](N)CCCN=C(N)N)C(=O)N[C@@H](CCCN=C(N)N)C(=O)O. The van der Waals surface area contributed by atoms with Gasteiger partial charge in [0.05, 0.1) is 12.1 Å². The zero-order valence-corrected chi connectivity index (χ0v) is 28.0. The number of fused-ring (bicyclic) bond motifs is 1.